The zero-order chi connectivity index (χ0) is 59.7. The van der Waals surface area contributed by atoms with Crippen LogP contribution in [0.5, 0.6) is 5.75 Å². The molecule has 1 aromatic carbocycles. The zero-order valence-electron chi connectivity index (χ0n) is 48.3. The van der Waals surface area contributed by atoms with Gasteiger partial charge in [-0.2, -0.15) is 0 Å². The average Bonchev–Trinajstić information content (AvgIpc) is 3.13. The Kier molecular flexibility index (Phi) is 18.7. The van der Waals surface area contributed by atoms with Gasteiger partial charge >= 0.3 is 5.97 Å². The van der Waals surface area contributed by atoms with Crippen molar-refractivity contribution in [1.29, 1.82) is 0 Å². The molecule has 0 unspecified atom stereocenters. The van der Waals surface area contributed by atoms with Crippen molar-refractivity contribution in [1.82, 2.24) is 9.80 Å². The number of ketones is 3. The number of phenols is 1. The number of rotatable bonds is 8. The molecule has 8 rings (SSSR count). The summed E-state index contributed by atoms with van der Waals surface area (Å²) in [4.78, 5) is 69.7. The highest BCUT2D eigenvalue weighted by atomic mass is 16.7. The average molecular weight is 1130 g/mol. The minimum atomic E-state index is -2.75. The molecule has 80 heavy (non-hydrogen) atoms. The number of carbonyl (C=O) groups excluding carboxylic acids is 5. The second kappa shape index (κ2) is 23.7. The topological polar surface area (TPSA) is 348 Å². The fraction of sp³-hybridized carbons (Fsp3) is 0.737. The molecule has 1 amide bonds. The molecule has 1 aromatic rings. The highest BCUT2D eigenvalue weighted by molar-refractivity contribution is 6.24. The van der Waals surface area contributed by atoms with Crippen LogP contribution in [0.25, 0.3) is 5.76 Å². The number of ether oxygens (including phenoxy) is 7. The third-order valence-corrected chi connectivity index (χ3v) is 18.4. The minimum absolute atomic E-state index is 0.170. The van der Waals surface area contributed by atoms with E-state index in [0.29, 0.717) is 6.42 Å². The van der Waals surface area contributed by atoms with E-state index in [1.165, 1.54) is 51.2 Å². The van der Waals surface area contributed by atoms with Crippen LogP contribution in [0, 0.1) is 41.4 Å². The molecule has 4 heterocycles. The van der Waals surface area contributed by atoms with Crippen molar-refractivity contribution >= 4 is 35.0 Å². The molecule has 1 spiro atoms. The number of fused-ring (bicyclic) bond motifs is 3. The number of amides is 1. The number of hydrogen-bond acceptors (Lipinski definition) is 22. The Bertz CT molecular complexity index is 2580. The molecular formula is C57H85N3O20. The molecule has 1 saturated carbocycles. The summed E-state index contributed by atoms with van der Waals surface area (Å²) in [6, 6.07) is 2.80. The maximum Gasteiger partial charge on any atom is 0.311 e. The molecule has 4 aliphatic heterocycles. The van der Waals surface area contributed by atoms with Gasteiger partial charge in [0.25, 0.3) is 5.91 Å². The van der Waals surface area contributed by atoms with Crippen LogP contribution in [0.3, 0.4) is 0 Å². The van der Waals surface area contributed by atoms with Crippen molar-refractivity contribution in [2.24, 2.45) is 47.2 Å². The number of aliphatic hydroxyl groups excluding tert-OH is 5. The first-order chi connectivity index (χ1) is 37.2. The second-order valence-electron chi connectivity index (χ2n) is 24.3. The number of epoxide rings is 1. The van der Waals surface area contributed by atoms with E-state index in [1.807, 2.05) is 39.8 Å². The Hall–Kier alpha value is -4.47. The van der Waals surface area contributed by atoms with Gasteiger partial charge in [-0.1, -0.05) is 39.8 Å². The summed E-state index contributed by atoms with van der Waals surface area (Å²) in [6.45, 7) is 16.1. The number of methoxy groups -OCH3 is 1. The van der Waals surface area contributed by atoms with Crippen molar-refractivity contribution < 1.29 is 98.0 Å². The largest absolute Gasteiger partial charge is 0.508 e. The van der Waals surface area contributed by atoms with E-state index in [1.54, 1.807) is 34.6 Å². The van der Waals surface area contributed by atoms with Gasteiger partial charge in [0, 0.05) is 54.7 Å². The van der Waals surface area contributed by atoms with E-state index in [9.17, 15) is 64.8 Å². The Morgan fingerprint density at radius 3 is 2.00 bits per heavy atom. The van der Waals surface area contributed by atoms with Crippen molar-refractivity contribution in [2.45, 2.75) is 184 Å². The van der Waals surface area contributed by atoms with Crippen LogP contribution in [0.15, 0.2) is 35.1 Å². The van der Waals surface area contributed by atoms with Gasteiger partial charge in [0.15, 0.2) is 35.3 Å². The summed E-state index contributed by atoms with van der Waals surface area (Å²) >= 11 is 0. The molecular weight excluding hydrogens is 1050 g/mol. The smallest absolute Gasteiger partial charge is 0.311 e. The Morgan fingerprint density at radius 1 is 0.787 bits per heavy atom. The number of likely N-dealkylation sites (N-methyl/N-ethyl adjacent to an activating group) is 2. The maximum atomic E-state index is 13.9. The number of carbonyl (C=O) groups is 5. The first kappa shape index (κ1) is 63.1. The molecule has 0 aromatic heterocycles. The van der Waals surface area contributed by atoms with Gasteiger partial charge in [-0.25, -0.2) is 0 Å². The van der Waals surface area contributed by atoms with E-state index in [4.69, 9.17) is 38.9 Å². The Labute approximate surface area is 466 Å². The van der Waals surface area contributed by atoms with Crippen LogP contribution in [0.1, 0.15) is 99.1 Å². The molecule has 3 aliphatic carbocycles. The third-order valence-electron chi connectivity index (χ3n) is 18.4. The SMILES string of the molecule is CN(C)[C@@H]1C(=O)C(C(N)=O)=C(O)[C@@]2(O)C(=O)C3=C(O)c4c(O)cccc4[C@@](C)(O)[C@H]3C[C@@H]12.CO[C@H]1C[C@H](O[C@H]2[C@H](C)[C@@H](O[C@@H]3O[C@H](C)C[C@H](N(C)C)[C@H]3O)[C@@H](C)C[C@@]3(CO3)C(=O)[C@H](C)[C@@H](O)[C@@H](C)[C@@H](C)OC(=O)[C@@H]2C)O[C@@H](C)[C@@H]1O. The highest BCUT2D eigenvalue weighted by Gasteiger charge is 2.67. The van der Waals surface area contributed by atoms with Crippen LogP contribution in [0.4, 0.5) is 0 Å². The number of nitrogens with zero attached hydrogens (tertiary/aromatic N) is 2. The van der Waals surface area contributed by atoms with Crippen LogP contribution < -0.4 is 5.73 Å². The van der Waals surface area contributed by atoms with E-state index in [-0.39, 0.29) is 60.8 Å². The Morgan fingerprint density at radius 2 is 1.43 bits per heavy atom. The second-order valence-corrected chi connectivity index (χ2v) is 24.3. The van der Waals surface area contributed by atoms with E-state index in [0.717, 1.165) is 0 Å². The molecule has 23 nitrogen and oxygen atoms in total. The number of aromatic hydroxyl groups is 1. The molecule has 10 N–H and O–H groups in total. The number of primary amides is 1. The first-order valence-electron chi connectivity index (χ1n) is 27.6. The summed E-state index contributed by atoms with van der Waals surface area (Å²) < 4.78 is 43.0. The maximum absolute atomic E-state index is 13.9. The van der Waals surface area contributed by atoms with Crippen molar-refractivity contribution in [3.63, 3.8) is 0 Å². The monoisotopic (exact) mass is 1130 g/mol. The number of aliphatic hydroxyl groups is 7. The van der Waals surface area contributed by atoms with Crippen LogP contribution in [-0.2, 0) is 62.7 Å². The van der Waals surface area contributed by atoms with Crippen LogP contribution in [-0.4, -0.2) is 213 Å². The summed E-state index contributed by atoms with van der Waals surface area (Å²) in [6.07, 6.45) is -7.35. The van der Waals surface area contributed by atoms with E-state index >= 15 is 0 Å². The number of esters is 1. The quantitative estimate of drug-likeness (QED) is 0.101. The predicted octanol–water partition coefficient (Wildman–Crippen LogP) is 1.54. The highest BCUT2D eigenvalue weighted by Crippen LogP contribution is 2.57. The molecule has 23 heteroatoms. The summed E-state index contributed by atoms with van der Waals surface area (Å²) in [5, 5.41) is 88.2. The third kappa shape index (κ3) is 11.2. The number of cyclic esters (lactones) is 1. The van der Waals surface area contributed by atoms with Crippen molar-refractivity contribution in [2.75, 3.05) is 41.9 Å². The molecule has 0 radical (unpaired) electrons. The molecule has 7 aliphatic rings. The fourth-order valence-electron chi connectivity index (χ4n) is 13.4. The van der Waals surface area contributed by atoms with Crippen LogP contribution >= 0.6 is 0 Å². The molecule has 448 valence electrons. The van der Waals surface area contributed by atoms with Crippen molar-refractivity contribution in [3.05, 3.63) is 46.2 Å². The van der Waals surface area contributed by atoms with E-state index < -0.39 is 172 Å². The lowest BCUT2D eigenvalue weighted by Gasteiger charge is -2.53. The van der Waals surface area contributed by atoms with Gasteiger partial charge in [0.1, 0.15) is 41.2 Å². The predicted molar refractivity (Wildman–Crippen MR) is 284 cm³/mol. The van der Waals surface area contributed by atoms with E-state index in [2.05, 4.69) is 0 Å². The fourth-order valence-corrected chi connectivity index (χ4v) is 13.4. The Balaban J connectivity index is 0.000000250. The van der Waals surface area contributed by atoms with Gasteiger partial charge in [-0.3, -0.25) is 28.9 Å². The lowest BCUT2D eigenvalue weighted by Crippen LogP contribution is -2.67. The zero-order valence-corrected chi connectivity index (χ0v) is 48.3. The van der Waals surface area contributed by atoms with Crippen molar-refractivity contribution in [3.8, 4) is 5.75 Å². The van der Waals surface area contributed by atoms with Gasteiger partial charge in [0.05, 0.1) is 66.4 Å². The molecule has 23 atom stereocenters. The van der Waals surface area contributed by atoms with Gasteiger partial charge < -0.3 is 84.6 Å². The first-order valence-corrected chi connectivity index (χ1v) is 27.6. The summed E-state index contributed by atoms with van der Waals surface area (Å²) in [5.74, 6) is -11.6. The lowest BCUT2D eigenvalue weighted by atomic mass is 9.54. The standard InChI is InChI=1S/C35H61NO12.C22H24N2O8/c1-16-14-35(15-43-35)32(40)19(4)27(37)18(3)22(7)46-33(41)21(6)31(47-26-13-25(42-11)28(38)23(8)45-26)20(5)30(16)48-34-29(39)24(36(9)10)12-17(2)44-34;1-21(31)8-5-4-6-11(25)12(8)16(26)13-9(21)7-10-15(24(2)3)17(27)14(20(23)30)19(29)22(10,32)18(13)28/h16-31,34,37-39H,12-15H2,1-11H3;4-6,9-10,15,25-26,29,31-32H,7H2,1-3H3,(H2,23,30)/t16-,17+,18-,19+,20+,21+,22+,23-,24-,25-,26-,27-,28-,29+,30-,31-,34-,35+;9-,10-,15-,21+,22-/m00/s1. The number of nitrogens with two attached hydrogens (primary N) is 1. The lowest BCUT2D eigenvalue weighted by molar-refractivity contribution is -0.299. The summed E-state index contributed by atoms with van der Waals surface area (Å²) in [7, 11) is 8.33. The number of phenolic OH excluding ortho intramolecular Hbond substituents is 1. The number of benzene rings is 1. The normalized spacial score (nSPS) is 43.7. The number of Topliss-reactive ketones (excluding diaryl/α,β-unsaturated/α-hetero) is 3. The minimum Gasteiger partial charge on any atom is -0.508 e. The molecule has 5 fully saturated rings. The summed E-state index contributed by atoms with van der Waals surface area (Å²) in [5.41, 5.74) is -1.64. The molecule has 0 bridgehead atoms. The van der Waals surface area contributed by atoms with Crippen LogP contribution in [0.2, 0.25) is 0 Å². The number of hydrogen-bond donors (Lipinski definition) is 9. The van der Waals surface area contributed by atoms with Gasteiger partial charge in [0.2, 0.25) is 5.78 Å². The molecule has 4 saturated heterocycles. The van der Waals surface area contributed by atoms with Gasteiger partial charge in [-0.05, 0) is 99.6 Å². The van der Waals surface area contributed by atoms with Gasteiger partial charge in [-0.15, -0.1) is 0 Å².